The fourth-order valence-corrected chi connectivity index (χ4v) is 5.25. The lowest BCUT2D eigenvalue weighted by Crippen LogP contribution is -2.26. The Hall–Kier alpha value is -2.07. The minimum absolute atomic E-state index is 0.288. The van der Waals surface area contributed by atoms with E-state index < -0.39 is 10.0 Å². The summed E-state index contributed by atoms with van der Waals surface area (Å²) < 4.78 is 29.3. The molecule has 4 rings (SSSR count). The molecule has 6 nitrogen and oxygen atoms in total. The molecule has 1 aromatic carbocycles. The molecule has 0 aliphatic rings. The van der Waals surface area contributed by atoms with E-state index in [4.69, 9.17) is 0 Å². The smallest absolute Gasteiger partial charge is 0.211 e. The van der Waals surface area contributed by atoms with Crippen molar-refractivity contribution in [3.63, 3.8) is 0 Å². The van der Waals surface area contributed by atoms with E-state index in [0.29, 0.717) is 18.8 Å². The number of benzene rings is 1. The predicted octanol–water partition coefficient (Wildman–Crippen LogP) is 3.60. The number of nitrogens with one attached hydrogen (secondary N) is 1. The van der Waals surface area contributed by atoms with Crippen molar-refractivity contribution in [2.24, 2.45) is 0 Å². The zero-order valence-corrected chi connectivity index (χ0v) is 17.1. The van der Waals surface area contributed by atoms with Crippen molar-refractivity contribution in [1.82, 2.24) is 19.3 Å². The summed E-state index contributed by atoms with van der Waals surface area (Å²) in [7, 11) is -3.51. The molecule has 0 amide bonds. The Balaban J connectivity index is 1.45. The first-order chi connectivity index (χ1) is 13.1. The predicted molar refractivity (Wildman–Crippen MR) is 109 cm³/mol. The minimum atomic E-state index is -3.51. The Labute approximate surface area is 165 Å². The van der Waals surface area contributed by atoms with Crippen LogP contribution in [-0.4, -0.2) is 29.6 Å². The van der Waals surface area contributed by atoms with Gasteiger partial charge in [0.25, 0.3) is 0 Å². The fourth-order valence-electron chi connectivity index (χ4n) is 2.71. The summed E-state index contributed by atoms with van der Waals surface area (Å²) in [5, 5.41) is 8.52. The third kappa shape index (κ3) is 3.81. The van der Waals surface area contributed by atoms with Gasteiger partial charge in [0, 0.05) is 18.3 Å². The van der Waals surface area contributed by atoms with E-state index in [1.54, 1.807) is 28.0 Å². The van der Waals surface area contributed by atoms with Crippen molar-refractivity contribution in [2.75, 3.05) is 6.54 Å². The Bertz CT molecular complexity index is 1140. The van der Waals surface area contributed by atoms with Crippen molar-refractivity contribution in [1.29, 1.82) is 0 Å². The topological polar surface area (TPSA) is 76.4 Å². The van der Waals surface area contributed by atoms with Gasteiger partial charge in [-0.25, -0.2) is 17.7 Å². The first-order valence-electron chi connectivity index (χ1n) is 8.52. The molecule has 4 aromatic rings. The maximum Gasteiger partial charge on any atom is 0.240 e. The highest BCUT2D eigenvalue weighted by atomic mass is 32.2. The summed E-state index contributed by atoms with van der Waals surface area (Å²) in [6.45, 7) is 2.34. The van der Waals surface area contributed by atoms with Gasteiger partial charge in [0.15, 0.2) is 5.82 Å². The van der Waals surface area contributed by atoms with E-state index in [2.05, 4.69) is 14.8 Å². The Morgan fingerprint density at radius 3 is 2.67 bits per heavy atom. The second-order valence-electron chi connectivity index (χ2n) is 5.98. The van der Waals surface area contributed by atoms with E-state index in [1.807, 2.05) is 41.9 Å². The van der Waals surface area contributed by atoms with Crippen LogP contribution in [0.2, 0.25) is 0 Å². The minimum Gasteiger partial charge on any atom is -0.211 e. The highest BCUT2D eigenvalue weighted by molar-refractivity contribution is 7.89. The SMILES string of the molecule is CCc1ccc(S(=O)(=O)NCCc2csc3nc(-c4cccs4)nn23)cc1. The molecule has 3 aromatic heterocycles. The molecule has 3 heterocycles. The molecule has 0 bridgehead atoms. The Morgan fingerprint density at radius 2 is 1.96 bits per heavy atom. The van der Waals surface area contributed by atoms with E-state index in [1.165, 1.54) is 11.3 Å². The molecule has 0 saturated heterocycles. The van der Waals surface area contributed by atoms with Crippen LogP contribution >= 0.6 is 22.7 Å². The van der Waals surface area contributed by atoms with Crippen LogP contribution in [0.25, 0.3) is 15.7 Å². The van der Waals surface area contributed by atoms with Crippen LogP contribution in [0, 0.1) is 0 Å². The lowest BCUT2D eigenvalue weighted by atomic mass is 10.2. The number of rotatable bonds is 7. The largest absolute Gasteiger partial charge is 0.240 e. The monoisotopic (exact) mass is 418 g/mol. The third-order valence-electron chi connectivity index (χ3n) is 4.21. The molecule has 9 heteroatoms. The zero-order chi connectivity index (χ0) is 18.9. The number of hydrogen-bond donors (Lipinski definition) is 1. The lowest BCUT2D eigenvalue weighted by Gasteiger charge is -2.07. The number of nitrogens with zero attached hydrogens (tertiary/aromatic N) is 3. The van der Waals surface area contributed by atoms with E-state index in [9.17, 15) is 8.42 Å². The summed E-state index contributed by atoms with van der Waals surface area (Å²) in [6.07, 6.45) is 1.42. The van der Waals surface area contributed by atoms with Gasteiger partial charge < -0.3 is 0 Å². The first kappa shape index (κ1) is 18.3. The second kappa shape index (κ2) is 7.51. The fraction of sp³-hybridized carbons (Fsp3) is 0.222. The van der Waals surface area contributed by atoms with Gasteiger partial charge in [-0.2, -0.15) is 4.98 Å². The summed E-state index contributed by atoms with van der Waals surface area (Å²) in [5.74, 6) is 0.703. The van der Waals surface area contributed by atoms with Gasteiger partial charge >= 0.3 is 0 Å². The molecule has 1 N–H and O–H groups in total. The zero-order valence-electron chi connectivity index (χ0n) is 14.6. The van der Waals surface area contributed by atoms with Crippen molar-refractivity contribution >= 4 is 37.7 Å². The molecular formula is C18H18N4O2S3. The van der Waals surface area contributed by atoms with E-state index in [0.717, 1.165) is 27.5 Å². The number of aromatic nitrogens is 3. The summed E-state index contributed by atoms with van der Waals surface area (Å²) in [4.78, 5) is 6.66. The lowest BCUT2D eigenvalue weighted by molar-refractivity contribution is 0.581. The van der Waals surface area contributed by atoms with Crippen LogP contribution < -0.4 is 4.72 Å². The van der Waals surface area contributed by atoms with Crippen molar-refractivity contribution in [3.8, 4) is 10.7 Å². The van der Waals surface area contributed by atoms with Gasteiger partial charge in [-0.3, -0.25) is 0 Å². The molecule has 0 aliphatic heterocycles. The second-order valence-corrected chi connectivity index (χ2v) is 9.53. The Kier molecular flexibility index (Phi) is 5.09. The average molecular weight is 419 g/mol. The van der Waals surface area contributed by atoms with Gasteiger partial charge in [0.2, 0.25) is 15.0 Å². The maximum atomic E-state index is 12.4. The molecule has 27 heavy (non-hydrogen) atoms. The molecular weight excluding hydrogens is 400 g/mol. The van der Waals surface area contributed by atoms with Crippen LogP contribution in [0.15, 0.2) is 52.1 Å². The standard InChI is InChI=1S/C18H18N4O2S3/c1-2-13-5-7-15(8-6-13)27(23,24)19-10-9-14-12-26-18-20-17(21-22(14)18)16-4-3-11-25-16/h3-8,11-12,19H,2,9-10H2,1H3. The first-order valence-corrected chi connectivity index (χ1v) is 11.8. The van der Waals surface area contributed by atoms with Crippen LogP contribution in [0.4, 0.5) is 0 Å². The number of sulfonamides is 1. The van der Waals surface area contributed by atoms with Crippen LogP contribution in [0.5, 0.6) is 0 Å². The number of thiophene rings is 1. The van der Waals surface area contributed by atoms with Gasteiger partial charge in [-0.15, -0.1) is 27.8 Å². The van der Waals surface area contributed by atoms with Crippen molar-refractivity contribution < 1.29 is 8.42 Å². The molecule has 0 saturated carbocycles. The van der Waals surface area contributed by atoms with Crippen molar-refractivity contribution in [3.05, 3.63) is 58.4 Å². The molecule has 0 atom stereocenters. The van der Waals surface area contributed by atoms with Crippen LogP contribution in [0.3, 0.4) is 0 Å². The molecule has 0 radical (unpaired) electrons. The number of thiazole rings is 1. The van der Waals surface area contributed by atoms with Gasteiger partial charge in [0.1, 0.15) is 0 Å². The molecule has 0 unspecified atom stereocenters. The Morgan fingerprint density at radius 1 is 1.15 bits per heavy atom. The van der Waals surface area contributed by atoms with Gasteiger partial charge in [-0.1, -0.05) is 25.1 Å². The average Bonchev–Trinajstić information content (AvgIpc) is 3.39. The molecule has 0 fully saturated rings. The number of aryl methyl sites for hydroxylation is 1. The third-order valence-corrected chi connectivity index (χ3v) is 7.41. The van der Waals surface area contributed by atoms with E-state index in [-0.39, 0.29) is 4.90 Å². The maximum absolute atomic E-state index is 12.4. The van der Waals surface area contributed by atoms with Crippen LogP contribution in [-0.2, 0) is 22.9 Å². The summed E-state index contributed by atoms with van der Waals surface area (Å²) in [6, 6.07) is 10.9. The highest BCUT2D eigenvalue weighted by Crippen LogP contribution is 2.24. The number of hydrogen-bond acceptors (Lipinski definition) is 6. The molecule has 0 aliphatic carbocycles. The van der Waals surface area contributed by atoms with Gasteiger partial charge in [0.05, 0.1) is 15.5 Å². The molecule has 140 valence electrons. The summed E-state index contributed by atoms with van der Waals surface area (Å²) >= 11 is 3.10. The highest BCUT2D eigenvalue weighted by Gasteiger charge is 2.15. The van der Waals surface area contributed by atoms with E-state index >= 15 is 0 Å². The normalized spacial score (nSPS) is 12.0. The van der Waals surface area contributed by atoms with Crippen LogP contribution in [0.1, 0.15) is 18.2 Å². The number of fused-ring (bicyclic) bond motifs is 1. The van der Waals surface area contributed by atoms with Crippen molar-refractivity contribution in [2.45, 2.75) is 24.7 Å². The molecule has 0 spiro atoms. The summed E-state index contributed by atoms with van der Waals surface area (Å²) in [5.41, 5.74) is 2.05. The van der Waals surface area contributed by atoms with Gasteiger partial charge in [-0.05, 0) is 35.6 Å². The quantitative estimate of drug-likeness (QED) is 0.497.